The number of amides is 1. The molecule has 0 fully saturated rings. The van der Waals surface area contributed by atoms with Crippen LogP contribution >= 0.6 is 11.6 Å². The number of benzene rings is 1. The van der Waals surface area contributed by atoms with E-state index in [2.05, 4.69) is 9.97 Å². The van der Waals surface area contributed by atoms with Crippen molar-refractivity contribution in [3.8, 4) is 0 Å². The number of rotatable bonds is 8. The molecule has 0 saturated heterocycles. The summed E-state index contributed by atoms with van der Waals surface area (Å²) in [4.78, 5) is 35.1. The van der Waals surface area contributed by atoms with Gasteiger partial charge in [-0.2, -0.15) is 0 Å². The molecule has 0 N–H and O–H groups in total. The van der Waals surface area contributed by atoms with Crippen LogP contribution in [0, 0.1) is 0 Å². The molecule has 28 heavy (non-hydrogen) atoms. The fourth-order valence-corrected chi connectivity index (χ4v) is 2.94. The first-order valence-corrected chi connectivity index (χ1v) is 9.34. The van der Waals surface area contributed by atoms with Gasteiger partial charge in [0.2, 0.25) is 5.91 Å². The van der Waals surface area contributed by atoms with E-state index in [1.54, 1.807) is 54.0 Å². The lowest BCUT2D eigenvalue weighted by Crippen LogP contribution is -2.30. The van der Waals surface area contributed by atoms with Crippen LogP contribution in [0.15, 0.2) is 73.3 Å². The van der Waals surface area contributed by atoms with E-state index in [1.165, 1.54) is 0 Å². The summed E-state index contributed by atoms with van der Waals surface area (Å²) in [5.41, 5.74) is 2.48. The van der Waals surface area contributed by atoms with Crippen molar-refractivity contribution in [1.29, 1.82) is 0 Å². The fourth-order valence-electron chi connectivity index (χ4n) is 2.81. The minimum atomic E-state index is -0.0806. The molecule has 0 bridgehead atoms. The van der Waals surface area contributed by atoms with Crippen molar-refractivity contribution in [2.24, 2.45) is 0 Å². The number of ketones is 1. The van der Waals surface area contributed by atoms with Gasteiger partial charge in [0.25, 0.3) is 0 Å². The van der Waals surface area contributed by atoms with Gasteiger partial charge in [-0.3, -0.25) is 19.6 Å². The fraction of sp³-hybridized carbons (Fsp3) is 0.182. The zero-order valence-electron chi connectivity index (χ0n) is 15.3. The van der Waals surface area contributed by atoms with Crippen LogP contribution in [0.3, 0.4) is 0 Å². The van der Waals surface area contributed by atoms with Crippen molar-refractivity contribution in [2.45, 2.75) is 25.9 Å². The molecule has 0 unspecified atom stereocenters. The normalized spacial score (nSPS) is 10.5. The second-order valence-corrected chi connectivity index (χ2v) is 6.83. The Labute approximate surface area is 169 Å². The number of aromatic nitrogens is 2. The highest BCUT2D eigenvalue weighted by atomic mass is 35.5. The molecule has 0 aliphatic carbocycles. The predicted octanol–water partition coefficient (Wildman–Crippen LogP) is 4.32. The molecule has 1 aromatic carbocycles. The Balaban J connectivity index is 1.66. The SMILES string of the molecule is O=C(CCC(=O)N(Cc1ccncc1)Cc1cccnc1)c1ccc(Cl)cc1. The van der Waals surface area contributed by atoms with E-state index in [9.17, 15) is 9.59 Å². The number of carbonyl (C=O) groups excluding carboxylic acids is 2. The largest absolute Gasteiger partial charge is 0.334 e. The topological polar surface area (TPSA) is 63.2 Å². The van der Waals surface area contributed by atoms with Gasteiger partial charge in [0.15, 0.2) is 5.78 Å². The van der Waals surface area contributed by atoms with Gasteiger partial charge < -0.3 is 4.90 Å². The first kappa shape index (κ1) is 19.7. The van der Waals surface area contributed by atoms with Crippen LogP contribution < -0.4 is 0 Å². The van der Waals surface area contributed by atoms with Crippen molar-refractivity contribution in [1.82, 2.24) is 14.9 Å². The summed E-state index contributed by atoms with van der Waals surface area (Å²) in [6.07, 6.45) is 7.14. The zero-order chi connectivity index (χ0) is 19.8. The number of Topliss-reactive ketones (excluding diaryl/α,β-unsaturated/α-hetero) is 1. The number of nitrogens with zero attached hydrogens (tertiary/aromatic N) is 3. The molecule has 142 valence electrons. The van der Waals surface area contributed by atoms with E-state index in [0.717, 1.165) is 11.1 Å². The standard InChI is InChI=1S/C22H20ClN3O2/c23-20-5-3-19(4-6-20)21(27)7-8-22(28)26(15-17-9-12-24-13-10-17)16-18-2-1-11-25-14-18/h1-6,9-14H,7-8,15-16H2. The van der Waals surface area contributed by atoms with E-state index in [1.807, 2.05) is 24.3 Å². The van der Waals surface area contributed by atoms with Gasteiger partial charge in [-0.25, -0.2) is 0 Å². The first-order chi connectivity index (χ1) is 13.6. The summed E-state index contributed by atoms with van der Waals surface area (Å²) in [5.74, 6) is -0.154. The summed E-state index contributed by atoms with van der Waals surface area (Å²) in [5, 5.41) is 0.577. The van der Waals surface area contributed by atoms with Gasteiger partial charge in [0, 0.05) is 61.3 Å². The third-order valence-electron chi connectivity index (χ3n) is 4.30. The molecule has 0 atom stereocenters. The Morgan fingerprint density at radius 3 is 2.21 bits per heavy atom. The van der Waals surface area contributed by atoms with Gasteiger partial charge in [0.05, 0.1) is 0 Å². The van der Waals surface area contributed by atoms with Gasteiger partial charge in [0.1, 0.15) is 0 Å². The van der Waals surface area contributed by atoms with Crippen molar-refractivity contribution in [3.05, 3.63) is 95.0 Å². The maximum absolute atomic E-state index is 12.9. The lowest BCUT2D eigenvalue weighted by Gasteiger charge is -2.23. The lowest BCUT2D eigenvalue weighted by molar-refractivity contribution is -0.132. The third-order valence-corrected chi connectivity index (χ3v) is 4.56. The molecule has 5 nitrogen and oxygen atoms in total. The highest BCUT2D eigenvalue weighted by Crippen LogP contribution is 2.15. The third kappa shape index (κ3) is 5.72. The van der Waals surface area contributed by atoms with Crippen molar-refractivity contribution in [2.75, 3.05) is 0 Å². The average Bonchev–Trinajstić information content (AvgIpc) is 2.73. The summed E-state index contributed by atoms with van der Waals surface area (Å²) >= 11 is 5.86. The quantitative estimate of drug-likeness (QED) is 0.534. The van der Waals surface area contributed by atoms with Crippen LogP contribution in [-0.4, -0.2) is 26.6 Å². The summed E-state index contributed by atoms with van der Waals surface area (Å²) in [6.45, 7) is 0.884. The molecule has 3 aromatic rings. The van der Waals surface area contributed by atoms with E-state index in [0.29, 0.717) is 23.7 Å². The predicted molar refractivity (Wildman–Crippen MR) is 108 cm³/mol. The van der Waals surface area contributed by atoms with Crippen molar-refractivity contribution in [3.63, 3.8) is 0 Å². The number of halogens is 1. The highest BCUT2D eigenvalue weighted by molar-refractivity contribution is 6.30. The van der Waals surface area contributed by atoms with Crippen LogP contribution in [0.2, 0.25) is 5.02 Å². The molecular formula is C22H20ClN3O2. The maximum Gasteiger partial charge on any atom is 0.223 e. The minimum Gasteiger partial charge on any atom is -0.334 e. The Kier molecular flexibility index (Phi) is 6.87. The van der Waals surface area contributed by atoms with Gasteiger partial charge in [-0.1, -0.05) is 17.7 Å². The lowest BCUT2D eigenvalue weighted by atomic mass is 10.1. The molecule has 0 aliphatic heterocycles. The zero-order valence-corrected chi connectivity index (χ0v) is 16.0. The number of hydrogen-bond donors (Lipinski definition) is 0. The molecule has 0 saturated carbocycles. The second kappa shape index (κ2) is 9.76. The van der Waals surface area contributed by atoms with E-state index in [-0.39, 0.29) is 24.5 Å². The Morgan fingerprint density at radius 2 is 1.54 bits per heavy atom. The smallest absolute Gasteiger partial charge is 0.223 e. The molecule has 1 amide bonds. The van der Waals surface area contributed by atoms with Crippen LogP contribution in [-0.2, 0) is 17.9 Å². The van der Waals surface area contributed by atoms with Gasteiger partial charge >= 0.3 is 0 Å². The number of carbonyl (C=O) groups is 2. The van der Waals surface area contributed by atoms with Gasteiger partial charge in [-0.05, 0) is 53.6 Å². The summed E-state index contributed by atoms with van der Waals surface area (Å²) in [7, 11) is 0. The Morgan fingerprint density at radius 1 is 0.821 bits per heavy atom. The summed E-state index contributed by atoms with van der Waals surface area (Å²) in [6, 6.07) is 14.2. The molecule has 3 rings (SSSR count). The van der Waals surface area contributed by atoms with E-state index < -0.39 is 0 Å². The number of pyridine rings is 2. The molecular weight excluding hydrogens is 374 g/mol. The molecule has 0 spiro atoms. The summed E-state index contributed by atoms with van der Waals surface area (Å²) < 4.78 is 0. The van der Waals surface area contributed by atoms with Crippen LogP contribution in [0.1, 0.15) is 34.3 Å². The Hall–Kier alpha value is -3.05. The van der Waals surface area contributed by atoms with Crippen molar-refractivity contribution >= 4 is 23.3 Å². The highest BCUT2D eigenvalue weighted by Gasteiger charge is 2.17. The molecule has 2 heterocycles. The van der Waals surface area contributed by atoms with Crippen LogP contribution in [0.25, 0.3) is 0 Å². The second-order valence-electron chi connectivity index (χ2n) is 6.40. The van der Waals surface area contributed by atoms with Crippen LogP contribution in [0.5, 0.6) is 0 Å². The van der Waals surface area contributed by atoms with Gasteiger partial charge in [-0.15, -0.1) is 0 Å². The monoisotopic (exact) mass is 393 g/mol. The molecule has 0 aliphatic rings. The van der Waals surface area contributed by atoms with Crippen molar-refractivity contribution < 1.29 is 9.59 Å². The maximum atomic E-state index is 12.9. The molecule has 2 aromatic heterocycles. The minimum absolute atomic E-state index is 0.0738. The molecule has 6 heteroatoms. The first-order valence-electron chi connectivity index (χ1n) is 8.96. The molecule has 0 radical (unpaired) electrons. The van der Waals surface area contributed by atoms with E-state index >= 15 is 0 Å². The Bertz CT molecular complexity index is 874. The van der Waals surface area contributed by atoms with Crippen LogP contribution in [0.4, 0.5) is 0 Å². The average molecular weight is 394 g/mol. The number of hydrogen-bond acceptors (Lipinski definition) is 4. The van der Waals surface area contributed by atoms with E-state index in [4.69, 9.17) is 11.6 Å².